The number of nitrogens with zero attached hydrogens (tertiary/aromatic N) is 7. The van der Waals surface area contributed by atoms with E-state index < -0.39 is 178 Å². The maximum absolute atomic E-state index is 10.4. The van der Waals surface area contributed by atoms with Gasteiger partial charge in [0.15, 0.2) is 5.82 Å². The van der Waals surface area contributed by atoms with Crippen LogP contribution in [0.25, 0.3) is 106 Å². The Morgan fingerprint density at radius 3 is 1.56 bits per heavy atom. The molecule has 0 saturated heterocycles. The van der Waals surface area contributed by atoms with Crippen molar-refractivity contribution in [1.82, 2.24) is 33.6 Å². The summed E-state index contributed by atoms with van der Waals surface area (Å²) >= 11 is 0. The van der Waals surface area contributed by atoms with Gasteiger partial charge in [0.05, 0.1) is 69.3 Å². The molecule has 12 rings (SSSR count). The number of fused-ring (bicyclic) bond motifs is 9. The maximum Gasteiger partial charge on any atom is 0.162 e. The van der Waals surface area contributed by atoms with Gasteiger partial charge in [0.1, 0.15) is 17.1 Å². The summed E-state index contributed by atoms with van der Waals surface area (Å²) in [7, 11) is 0. The quantitative estimate of drug-likeness (QED) is 0.176. The van der Waals surface area contributed by atoms with Crippen LogP contribution >= 0.6 is 0 Å². The van der Waals surface area contributed by atoms with Crippen LogP contribution in [0.2, 0.25) is 0 Å². The van der Waals surface area contributed by atoms with Crippen LogP contribution in [0.5, 0.6) is 0 Å². The van der Waals surface area contributed by atoms with Crippen molar-refractivity contribution in [2.45, 2.75) is 0 Å². The van der Waals surface area contributed by atoms with Gasteiger partial charge in [-0.2, -0.15) is 0 Å². The van der Waals surface area contributed by atoms with Gasteiger partial charge in [0.2, 0.25) is 0 Å². The fraction of sp³-hybridized carbons (Fsp3) is 0. The van der Waals surface area contributed by atoms with E-state index in [4.69, 9.17) is 31.9 Å². The molecule has 0 spiro atoms. The Hall–Kier alpha value is -7.90. The first-order chi connectivity index (χ1) is 37.5. The summed E-state index contributed by atoms with van der Waals surface area (Å²) in [6.45, 7) is 0. The summed E-state index contributed by atoms with van der Waals surface area (Å²) in [4.78, 5) is 18.8. The first-order valence-corrected chi connectivity index (χ1v) is 17.3. The molecule has 0 atom stereocenters. The molecule has 6 heterocycles. The lowest BCUT2D eigenvalue weighted by molar-refractivity contribution is 1.04. The van der Waals surface area contributed by atoms with Crippen LogP contribution in [-0.4, -0.2) is 33.6 Å². The Balaban J connectivity index is 1.37. The fourth-order valence-electron chi connectivity index (χ4n) is 7.41. The molecule has 0 radical (unpaired) electrons. The van der Waals surface area contributed by atoms with Crippen molar-refractivity contribution in [3.8, 4) is 39.8 Å². The summed E-state index contributed by atoms with van der Waals surface area (Å²) < 4.78 is 202. The average molecular weight is 752 g/mol. The van der Waals surface area contributed by atoms with Crippen molar-refractivity contribution in [3.05, 3.63) is 188 Å². The lowest BCUT2D eigenvalue weighted by atomic mass is 10.1. The monoisotopic (exact) mass is 751 g/mol. The zero-order valence-electron chi connectivity index (χ0n) is 50.8. The van der Waals surface area contributed by atoms with E-state index in [-0.39, 0.29) is 60.8 Å². The Kier molecular flexibility index (Phi) is 3.64. The molecule has 7 heteroatoms. The van der Waals surface area contributed by atoms with Gasteiger partial charge in [0.25, 0.3) is 0 Å². The first kappa shape index (κ1) is 16.9. The second kappa shape index (κ2) is 12.3. The Bertz CT molecular complexity index is 4730. The highest BCUT2D eigenvalue weighted by molar-refractivity contribution is 6.11. The van der Waals surface area contributed by atoms with E-state index in [1.165, 1.54) is 45.8 Å². The molecule has 0 amide bonds. The van der Waals surface area contributed by atoms with E-state index in [0.29, 0.717) is 0 Å². The van der Waals surface area contributed by atoms with Gasteiger partial charge in [-0.15, -0.1) is 0 Å². The van der Waals surface area contributed by atoms with Gasteiger partial charge in [0, 0.05) is 61.9 Å². The number of para-hydroxylation sites is 5. The molecular formula is C50H31N7. The third-order valence-electron chi connectivity index (χ3n) is 9.68. The lowest BCUT2D eigenvalue weighted by Gasteiger charge is -2.20. The van der Waals surface area contributed by atoms with Crippen molar-refractivity contribution in [1.29, 1.82) is 0 Å². The molecule has 0 aliphatic heterocycles. The predicted molar refractivity (Wildman–Crippen MR) is 232 cm³/mol. The summed E-state index contributed by atoms with van der Waals surface area (Å²) in [5.74, 6) is -1.41. The molecule has 6 aromatic carbocycles. The maximum atomic E-state index is 10.4. The zero-order chi connectivity index (χ0) is 56.6. The second-order valence-corrected chi connectivity index (χ2v) is 12.7. The number of benzene rings is 6. The van der Waals surface area contributed by atoms with Crippen molar-refractivity contribution in [3.63, 3.8) is 0 Å². The predicted octanol–water partition coefficient (Wildman–Crippen LogP) is 11.9. The van der Waals surface area contributed by atoms with Crippen LogP contribution in [0.1, 0.15) is 30.2 Å². The topological polar surface area (TPSA) is 66.3 Å². The van der Waals surface area contributed by atoms with Crippen LogP contribution in [0.4, 0.5) is 0 Å². The van der Waals surface area contributed by atoms with E-state index in [0.717, 1.165) is 4.57 Å². The Labute approximate surface area is 357 Å². The number of rotatable bonds is 5. The highest BCUT2D eigenvalue weighted by atomic mass is 15.1. The normalized spacial score (nSPS) is 17.3. The third-order valence-corrected chi connectivity index (χ3v) is 9.68. The van der Waals surface area contributed by atoms with Crippen molar-refractivity contribution < 1.29 is 30.2 Å². The van der Waals surface area contributed by atoms with E-state index in [1.807, 2.05) is 0 Å². The van der Waals surface area contributed by atoms with Crippen LogP contribution in [0.15, 0.2) is 188 Å². The smallest absolute Gasteiger partial charge is 0.162 e. The van der Waals surface area contributed by atoms with Crippen LogP contribution < -0.4 is 0 Å². The largest absolute Gasteiger partial charge is 0.294 e. The average Bonchev–Trinajstić information content (AvgIpc) is 4.02. The molecule has 0 unspecified atom stereocenters. The van der Waals surface area contributed by atoms with E-state index >= 15 is 0 Å². The number of aromatic nitrogens is 7. The number of pyridine rings is 2. The van der Waals surface area contributed by atoms with Crippen LogP contribution in [0.3, 0.4) is 0 Å². The minimum Gasteiger partial charge on any atom is -0.294 e. The summed E-state index contributed by atoms with van der Waals surface area (Å²) in [5.41, 5.74) is -2.85. The molecule has 0 saturated carbocycles. The highest BCUT2D eigenvalue weighted by Gasteiger charge is 2.25. The molecule has 6 aromatic heterocycles. The molecule has 0 fully saturated rings. The van der Waals surface area contributed by atoms with Crippen LogP contribution in [-0.2, 0) is 0 Å². The second-order valence-electron chi connectivity index (χ2n) is 12.7. The SMILES string of the molecule is [2H]c1c(-c2cccc(-n3c4ncccc4c4c([2H])c([2H])c([2H])c([2H])c43)c2-n2c3ncccc3c3c([2H])c([2H])c([2H])c([2H])c32)nc(-c2c([2H])c([2H])c([2H])c([2H])c2[2H])nc1-n1c2c([2H])c([2H])c([2H])c([2H])c2c2c([2H])c([2H])c([2H])c([2H])c21. The van der Waals surface area contributed by atoms with E-state index in [2.05, 4.69) is 9.97 Å². The van der Waals surface area contributed by atoms with Gasteiger partial charge < -0.3 is 0 Å². The zero-order valence-corrected chi connectivity index (χ0v) is 28.8. The molecule has 0 bridgehead atoms. The third kappa shape index (κ3) is 4.66. The van der Waals surface area contributed by atoms with Crippen molar-refractivity contribution >= 4 is 65.7 Å². The van der Waals surface area contributed by atoms with Gasteiger partial charge in [-0.3, -0.25) is 13.7 Å². The molecule has 0 aliphatic carbocycles. The number of hydrogen-bond donors (Lipinski definition) is 0. The Morgan fingerprint density at radius 2 is 0.947 bits per heavy atom. The van der Waals surface area contributed by atoms with E-state index in [9.17, 15) is 8.22 Å². The van der Waals surface area contributed by atoms with Gasteiger partial charge >= 0.3 is 0 Å². The standard InChI is InChI=1S/C50H31N7/c1-2-15-32(16-3-1)48-53-40(31-46(54-48)55-41-24-8-4-17-33(41)34-18-5-9-25-42(34)55)39-21-12-28-45(56-43-26-10-6-19-35(43)37-22-13-29-51-49(37)56)47(39)57-44-27-11-7-20-36(44)38-23-14-30-52-50(38)57/h1-31H/i1D,2D,3D,4D,5D,6D,7D,8D,9D,10D,11D,15D,16D,17D,18D,19D,20D,24D,25D,26D,27D,31D. The van der Waals surface area contributed by atoms with Crippen LogP contribution in [0, 0.1) is 0 Å². The molecule has 7 nitrogen and oxygen atoms in total. The number of hydrogen-bond acceptors (Lipinski definition) is 4. The molecule has 12 aromatic rings. The summed E-state index contributed by atoms with van der Waals surface area (Å²) in [6.07, 6.45) is 2.80. The molecule has 0 N–H and O–H groups in total. The molecular weight excluding hydrogens is 699 g/mol. The molecule has 0 aliphatic rings. The summed E-state index contributed by atoms with van der Waals surface area (Å²) in [6, 6.07) is -5.07. The lowest BCUT2D eigenvalue weighted by Crippen LogP contribution is -2.08. The van der Waals surface area contributed by atoms with Gasteiger partial charge in [-0.05, 0) is 54.5 Å². The van der Waals surface area contributed by atoms with Gasteiger partial charge in [-0.25, -0.2) is 19.9 Å². The van der Waals surface area contributed by atoms with E-state index in [1.54, 1.807) is 18.2 Å². The molecule has 266 valence electrons. The summed E-state index contributed by atoms with van der Waals surface area (Å²) in [5, 5.41) is -0.378. The highest BCUT2D eigenvalue weighted by Crippen LogP contribution is 2.42. The minimum absolute atomic E-state index is 0.0186. The molecule has 57 heavy (non-hydrogen) atoms. The fourth-order valence-corrected chi connectivity index (χ4v) is 7.41. The van der Waals surface area contributed by atoms with Crippen molar-refractivity contribution in [2.75, 3.05) is 0 Å². The first-order valence-electron chi connectivity index (χ1n) is 28.3. The minimum atomic E-state index is -0.839. The van der Waals surface area contributed by atoms with Gasteiger partial charge in [-0.1, -0.05) is 115 Å². The Morgan fingerprint density at radius 1 is 0.439 bits per heavy atom. The van der Waals surface area contributed by atoms with Crippen molar-refractivity contribution in [2.24, 2.45) is 0 Å².